The molecule has 47 heavy (non-hydrogen) atoms. The zero-order valence-corrected chi connectivity index (χ0v) is 29.7. The summed E-state index contributed by atoms with van der Waals surface area (Å²) in [6, 6.07) is 23.7. The van der Waals surface area contributed by atoms with Gasteiger partial charge in [-0.3, -0.25) is 0 Å². The monoisotopic (exact) mass is 684 g/mol. The van der Waals surface area contributed by atoms with Crippen LogP contribution in [0.5, 0.6) is 0 Å². The SMILES string of the molecule is CCCCCCCc1ccc(-c2ccc(-c3ccc(-c4ccc(-c5ccc(CCCCCCC)cc5F)s4)c4nsnc34)s2)c(F)c1. The van der Waals surface area contributed by atoms with Crippen molar-refractivity contribution in [2.75, 3.05) is 0 Å². The topological polar surface area (TPSA) is 25.8 Å². The Labute approximate surface area is 289 Å². The van der Waals surface area contributed by atoms with Gasteiger partial charge in [-0.1, -0.05) is 102 Å². The van der Waals surface area contributed by atoms with E-state index in [0.717, 1.165) is 78.5 Å². The number of aryl methyl sites for hydroxylation is 2. The first-order valence-electron chi connectivity index (χ1n) is 17.1. The van der Waals surface area contributed by atoms with Crippen molar-refractivity contribution in [3.05, 3.63) is 95.6 Å². The molecule has 244 valence electrons. The van der Waals surface area contributed by atoms with Crippen molar-refractivity contribution in [3.8, 4) is 41.8 Å². The molecule has 0 unspecified atom stereocenters. The van der Waals surface area contributed by atoms with Crippen LogP contribution in [0.15, 0.2) is 72.8 Å². The van der Waals surface area contributed by atoms with Crippen LogP contribution in [0.25, 0.3) is 52.8 Å². The summed E-state index contributed by atoms with van der Waals surface area (Å²) in [6.07, 6.45) is 13.9. The summed E-state index contributed by atoms with van der Waals surface area (Å²) in [4.78, 5) is 3.87. The lowest BCUT2D eigenvalue weighted by Gasteiger charge is -2.06. The van der Waals surface area contributed by atoms with E-state index >= 15 is 8.78 Å². The lowest BCUT2D eigenvalue weighted by Crippen LogP contribution is -1.90. The van der Waals surface area contributed by atoms with Gasteiger partial charge in [0.15, 0.2) is 0 Å². The number of nitrogens with zero attached hydrogens (tertiary/aromatic N) is 2. The molecule has 0 saturated carbocycles. The lowest BCUT2D eigenvalue weighted by atomic mass is 10.0. The molecule has 0 aliphatic heterocycles. The van der Waals surface area contributed by atoms with Crippen LogP contribution < -0.4 is 0 Å². The van der Waals surface area contributed by atoms with Crippen molar-refractivity contribution in [1.82, 2.24) is 8.75 Å². The molecule has 0 N–H and O–H groups in total. The highest BCUT2D eigenvalue weighted by Crippen LogP contribution is 2.43. The summed E-state index contributed by atoms with van der Waals surface area (Å²) >= 11 is 4.35. The number of unbranched alkanes of at least 4 members (excludes halogenated alkanes) is 8. The normalized spacial score (nSPS) is 11.6. The maximum absolute atomic E-state index is 15.2. The van der Waals surface area contributed by atoms with E-state index in [2.05, 4.69) is 59.0 Å². The minimum Gasteiger partial charge on any atom is -0.206 e. The molecule has 3 aromatic carbocycles. The van der Waals surface area contributed by atoms with Crippen molar-refractivity contribution in [3.63, 3.8) is 0 Å². The molecule has 3 heterocycles. The molecule has 0 radical (unpaired) electrons. The number of hydrogen-bond acceptors (Lipinski definition) is 5. The van der Waals surface area contributed by atoms with E-state index in [1.165, 1.54) is 63.1 Å². The molecule has 0 aliphatic rings. The van der Waals surface area contributed by atoms with Crippen LogP contribution in [-0.2, 0) is 12.8 Å². The molecular weight excluding hydrogens is 643 g/mol. The summed E-state index contributed by atoms with van der Waals surface area (Å²) < 4.78 is 39.8. The van der Waals surface area contributed by atoms with Gasteiger partial charge in [0.05, 0.1) is 11.7 Å². The van der Waals surface area contributed by atoms with Crippen LogP contribution in [0.3, 0.4) is 0 Å². The Kier molecular flexibility index (Phi) is 11.6. The van der Waals surface area contributed by atoms with Crippen LogP contribution in [-0.4, -0.2) is 8.75 Å². The third kappa shape index (κ3) is 8.07. The first-order chi connectivity index (χ1) is 23.1. The quantitative estimate of drug-likeness (QED) is 0.0948. The van der Waals surface area contributed by atoms with Crippen molar-refractivity contribution < 1.29 is 8.78 Å². The fourth-order valence-corrected chi connectivity index (χ4v) is 8.90. The summed E-state index contributed by atoms with van der Waals surface area (Å²) in [5, 5.41) is 0. The zero-order valence-electron chi connectivity index (χ0n) is 27.3. The summed E-state index contributed by atoms with van der Waals surface area (Å²) in [5.41, 5.74) is 7.06. The molecule has 2 nitrogen and oxygen atoms in total. The van der Waals surface area contributed by atoms with Gasteiger partial charge >= 0.3 is 0 Å². The van der Waals surface area contributed by atoms with Gasteiger partial charge in [-0.05, 0) is 73.2 Å². The molecule has 0 saturated heterocycles. The van der Waals surface area contributed by atoms with E-state index in [4.69, 9.17) is 0 Å². The number of rotatable bonds is 16. The lowest BCUT2D eigenvalue weighted by molar-refractivity contribution is 0.618. The van der Waals surface area contributed by atoms with Gasteiger partial charge < -0.3 is 0 Å². The first-order valence-corrected chi connectivity index (χ1v) is 19.4. The van der Waals surface area contributed by atoms with Gasteiger partial charge in [0.25, 0.3) is 0 Å². The van der Waals surface area contributed by atoms with Crippen molar-refractivity contribution in [2.24, 2.45) is 0 Å². The van der Waals surface area contributed by atoms with E-state index in [1.54, 1.807) is 34.8 Å². The highest BCUT2D eigenvalue weighted by atomic mass is 32.1. The molecule has 6 aromatic rings. The Bertz CT molecular complexity index is 1780. The van der Waals surface area contributed by atoms with Gasteiger partial charge in [0, 0.05) is 41.8 Å². The van der Waals surface area contributed by atoms with E-state index in [-0.39, 0.29) is 11.6 Å². The van der Waals surface area contributed by atoms with Gasteiger partial charge in [-0.15, -0.1) is 22.7 Å². The number of benzene rings is 3. The average Bonchev–Trinajstić information content (AvgIpc) is 3.86. The summed E-state index contributed by atoms with van der Waals surface area (Å²) in [6.45, 7) is 4.44. The second-order valence-electron chi connectivity index (χ2n) is 12.4. The maximum Gasteiger partial charge on any atom is 0.132 e. The number of halogens is 2. The molecule has 0 spiro atoms. The number of aromatic nitrogens is 2. The van der Waals surface area contributed by atoms with Crippen molar-refractivity contribution in [1.29, 1.82) is 0 Å². The van der Waals surface area contributed by atoms with Crippen LogP contribution in [0.1, 0.15) is 89.2 Å². The maximum atomic E-state index is 15.2. The van der Waals surface area contributed by atoms with Crippen LogP contribution in [0.2, 0.25) is 0 Å². The molecule has 0 aliphatic carbocycles. The highest BCUT2D eigenvalue weighted by Gasteiger charge is 2.18. The van der Waals surface area contributed by atoms with Crippen LogP contribution in [0.4, 0.5) is 8.78 Å². The third-order valence-electron chi connectivity index (χ3n) is 8.89. The van der Waals surface area contributed by atoms with Gasteiger partial charge in [0.2, 0.25) is 0 Å². The summed E-state index contributed by atoms with van der Waals surface area (Å²) in [7, 11) is 0. The molecular formula is C40H42F2N2S3. The molecule has 7 heteroatoms. The predicted octanol–water partition coefficient (Wildman–Crippen LogP) is 13.8. The smallest absolute Gasteiger partial charge is 0.132 e. The van der Waals surface area contributed by atoms with Gasteiger partial charge in [-0.25, -0.2) is 8.78 Å². The molecule has 0 amide bonds. The Balaban J connectivity index is 1.18. The van der Waals surface area contributed by atoms with E-state index < -0.39 is 0 Å². The fraction of sp³-hybridized carbons (Fsp3) is 0.350. The average molecular weight is 685 g/mol. The molecule has 6 rings (SSSR count). The Hall–Kier alpha value is -3.26. The second-order valence-corrected chi connectivity index (χ2v) is 15.1. The number of thiophene rings is 2. The van der Waals surface area contributed by atoms with E-state index in [0.29, 0.717) is 11.1 Å². The number of hydrogen-bond donors (Lipinski definition) is 0. The Morgan fingerprint density at radius 2 is 0.851 bits per heavy atom. The van der Waals surface area contributed by atoms with Gasteiger partial charge in [0.1, 0.15) is 22.7 Å². The molecule has 0 fully saturated rings. The second kappa shape index (κ2) is 16.2. The Morgan fingerprint density at radius 3 is 1.26 bits per heavy atom. The van der Waals surface area contributed by atoms with E-state index in [1.807, 2.05) is 24.3 Å². The van der Waals surface area contributed by atoms with E-state index in [9.17, 15) is 0 Å². The number of fused-ring (bicyclic) bond motifs is 1. The minimum absolute atomic E-state index is 0.165. The molecule has 0 atom stereocenters. The fourth-order valence-electron chi connectivity index (χ4n) is 6.21. The third-order valence-corrected chi connectivity index (χ3v) is 11.7. The van der Waals surface area contributed by atoms with Crippen molar-refractivity contribution in [2.45, 2.75) is 90.9 Å². The van der Waals surface area contributed by atoms with Crippen LogP contribution in [0, 0.1) is 11.6 Å². The van der Waals surface area contributed by atoms with Crippen LogP contribution >= 0.6 is 34.4 Å². The van der Waals surface area contributed by atoms with Crippen molar-refractivity contribution >= 4 is 45.4 Å². The standard InChI is InChI=1S/C40H42F2N2S3/c1-3-5-7-9-11-13-27-15-17-29(33(41)25-27)35-21-23-37(45-35)31-19-20-32(40-39(31)43-47-44-40)38-24-22-36(46-38)30-18-16-28(26-34(30)42)14-12-10-8-6-4-2/h15-26H,3-14H2,1-2H3. The molecule has 0 bridgehead atoms. The highest BCUT2D eigenvalue weighted by molar-refractivity contribution is 7.19. The summed E-state index contributed by atoms with van der Waals surface area (Å²) in [5.74, 6) is -0.329. The first kappa shape index (κ1) is 33.6. The largest absolute Gasteiger partial charge is 0.206 e. The molecule has 3 aromatic heterocycles. The minimum atomic E-state index is -0.165. The Morgan fingerprint density at radius 1 is 0.468 bits per heavy atom. The van der Waals surface area contributed by atoms with Gasteiger partial charge in [-0.2, -0.15) is 8.75 Å². The predicted molar refractivity (Wildman–Crippen MR) is 200 cm³/mol. The zero-order chi connectivity index (χ0) is 32.6.